The molecule has 2 atom stereocenters. The van der Waals surface area contributed by atoms with Crippen molar-refractivity contribution in [2.75, 3.05) is 26.0 Å². The lowest BCUT2D eigenvalue weighted by Crippen LogP contribution is -2.44. The van der Waals surface area contributed by atoms with Crippen molar-refractivity contribution in [3.8, 4) is 0 Å². The lowest BCUT2D eigenvalue weighted by atomic mass is 10.0. The molecule has 0 saturated carbocycles. The van der Waals surface area contributed by atoms with Crippen LogP contribution >= 0.6 is 23.2 Å². The number of hydrogen-bond donors (Lipinski definition) is 2. The lowest BCUT2D eigenvalue weighted by molar-refractivity contribution is 0.0494. The normalized spacial score (nSPS) is 24.4. The number of benzene rings is 1. The standard InChI is InChI=1S/C12H16Cl2N2O3S/c1-20(17,18)16-11-7-15-4-5-19-12(11)8-2-3-9(13)10(14)6-8/h2-3,6,11-12,15-16H,4-5,7H2,1H3/t11-,12+/m0/s1. The van der Waals surface area contributed by atoms with E-state index < -0.39 is 22.2 Å². The largest absolute Gasteiger partial charge is 0.370 e. The molecule has 0 aromatic heterocycles. The van der Waals surface area contributed by atoms with Gasteiger partial charge in [-0.25, -0.2) is 13.1 Å². The Morgan fingerprint density at radius 1 is 1.35 bits per heavy atom. The fraction of sp³-hybridized carbons (Fsp3) is 0.500. The molecule has 112 valence electrons. The Balaban J connectivity index is 2.29. The molecule has 0 unspecified atom stereocenters. The van der Waals surface area contributed by atoms with E-state index in [2.05, 4.69) is 10.0 Å². The number of rotatable bonds is 3. The van der Waals surface area contributed by atoms with E-state index in [0.29, 0.717) is 29.7 Å². The van der Waals surface area contributed by atoms with Crippen molar-refractivity contribution in [3.63, 3.8) is 0 Å². The predicted molar refractivity (Wildman–Crippen MR) is 79.8 cm³/mol. The number of nitrogens with one attached hydrogen (secondary N) is 2. The van der Waals surface area contributed by atoms with Crippen molar-refractivity contribution in [1.82, 2.24) is 10.0 Å². The third-order valence-electron chi connectivity index (χ3n) is 2.94. The summed E-state index contributed by atoms with van der Waals surface area (Å²) in [5.41, 5.74) is 0.796. The average Bonchev–Trinajstić information content (AvgIpc) is 2.56. The highest BCUT2D eigenvalue weighted by molar-refractivity contribution is 7.88. The van der Waals surface area contributed by atoms with E-state index in [-0.39, 0.29) is 0 Å². The van der Waals surface area contributed by atoms with Gasteiger partial charge >= 0.3 is 0 Å². The van der Waals surface area contributed by atoms with Crippen LogP contribution in [-0.4, -0.2) is 40.4 Å². The minimum Gasteiger partial charge on any atom is -0.370 e. The fourth-order valence-corrected chi connectivity index (χ4v) is 3.20. The first-order valence-corrected chi connectivity index (χ1v) is 8.76. The Hall–Kier alpha value is -0.370. The molecular formula is C12H16Cl2N2O3S. The monoisotopic (exact) mass is 338 g/mol. The van der Waals surface area contributed by atoms with Crippen LogP contribution in [0.3, 0.4) is 0 Å². The Morgan fingerprint density at radius 3 is 2.75 bits per heavy atom. The second-order valence-corrected chi connectivity index (χ2v) is 7.26. The molecule has 0 spiro atoms. The molecular weight excluding hydrogens is 323 g/mol. The van der Waals surface area contributed by atoms with E-state index in [1.165, 1.54) is 0 Å². The van der Waals surface area contributed by atoms with Gasteiger partial charge in [0.2, 0.25) is 10.0 Å². The number of ether oxygens (including phenoxy) is 1. The molecule has 1 saturated heterocycles. The molecule has 0 radical (unpaired) electrons. The Bertz CT molecular complexity index is 580. The predicted octanol–water partition coefficient (Wildman–Crippen LogP) is 1.57. The summed E-state index contributed by atoms with van der Waals surface area (Å²) in [5, 5.41) is 4.01. The minimum atomic E-state index is -3.33. The molecule has 2 N–H and O–H groups in total. The van der Waals surface area contributed by atoms with Crippen LogP contribution in [-0.2, 0) is 14.8 Å². The van der Waals surface area contributed by atoms with Gasteiger partial charge < -0.3 is 10.1 Å². The summed E-state index contributed by atoms with van der Waals surface area (Å²) in [5.74, 6) is 0. The van der Waals surface area contributed by atoms with Crippen LogP contribution < -0.4 is 10.0 Å². The van der Waals surface area contributed by atoms with Crippen LogP contribution in [0.4, 0.5) is 0 Å². The third-order valence-corrected chi connectivity index (χ3v) is 4.41. The van der Waals surface area contributed by atoms with Crippen molar-refractivity contribution in [3.05, 3.63) is 33.8 Å². The maximum absolute atomic E-state index is 11.5. The van der Waals surface area contributed by atoms with E-state index in [9.17, 15) is 8.42 Å². The van der Waals surface area contributed by atoms with Gasteiger partial charge in [-0.1, -0.05) is 29.3 Å². The average molecular weight is 339 g/mol. The van der Waals surface area contributed by atoms with Gasteiger partial charge in [-0.3, -0.25) is 0 Å². The first kappa shape index (κ1) is 16.0. The maximum Gasteiger partial charge on any atom is 0.209 e. The van der Waals surface area contributed by atoms with Crippen LogP contribution in [0.15, 0.2) is 18.2 Å². The lowest BCUT2D eigenvalue weighted by Gasteiger charge is -2.25. The zero-order chi connectivity index (χ0) is 14.8. The maximum atomic E-state index is 11.5. The second kappa shape index (κ2) is 6.60. The first-order chi connectivity index (χ1) is 9.37. The SMILES string of the molecule is CS(=O)(=O)N[C@H]1CNCCO[C@@H]1c1ccc(Cl)c(Cl)c1. The second-order valence-electron chi connectivity index (χ2n) is 4.67. The van der Waals surface area contributed by atoms with Crippen LogP contribution in [0.2, 0.25) is 10.0 Å². The van der Waals surface area contributed by atoms with Crippen molar-refractivity contribution in [1.29, 1.82) is 0 Å². The van der Waals surface area contributed by atoms with Gasteiger partial charge in [-0.2, -0.15) is 0 Å². The first-order valence-electron chi connectivity index (χ1n) is 6.11. The van der Waals surface area contributed by atoms with Crippen molar-refractivity contribution < 1.29 is 13.2 Å². The molecule has 1 heterocycles. The Labute approximate surface area is 128 Å². The Morgan fingerprint density at radius 2 is 2.10 bits per heavy atom. The van der Waals surface area contributed by atoms with Gasteiger partial charge in [-0.15, -0.1) is 0 Å². The van der Waals surface area contributed by atoms with Crippen LogP contribution in [0, 0.1) is 0 Å². The molecule has 0 amide bonds. The summed E-state index contributed by atoms with van der Waals surface area (Å²) in [6.07, 6.45) is 0.721. The third kappa shape index (κ3) is 4.31. The number of halogens is 2. The van der Waals surface area contributed by atoms with Crippen LogP contribution in [0.1, 0.15) is 11.7 Å². The number of hydrogen-bond acceptors (Lipinski definition) is 4. The summed E-state index contributed by atoms with van der Waals surface area (Å²) in [4.78, 5) is 0. The van der Waals surface area contributed by atoms with E-state index in [1.807, 2.05) is 0 Å². The van der Waals surface area contributed by atoms with Crippen LogP contribution in [0.5, 0.6) is 0 Å². The highest BCUT2D eigenvalue weighted by Gasteiger charge is 2.28. The van der Waals surface area contributed by atoms with Gasteiger partial charge in [0.1, 0.15) is 6.10 Å². The van der Waals surface area contributed by atoms with Crippen molar-refractivity contribution >= 4 is 33.2 Å². The highest BCUT2D eigenvalue weighted by atomic mass is 35.5. The molecule has 20 heavy (non-hydrogen) atoms. The van der Waals surface area contributed by atoms with Gasteiger partial charge in [0.05, 0.1) is 28.9 Å². The van der Waals surface area contributed by atoms with Gasteiger partial charge in [0.25, 0.3) is 0 Å². The quantitative estimate of drug-likeness (QED) is 0.877. The molecule has 2 rings (SSSR count). The molecule has 1 fully saturated rings. The molecule has 1 aromatic carbocycles. The van der Waals surface area contributed by atoms with Crippen LogP contribution in [0.25, 0.3) is 0 Å². The molecule has 8 heteroatoms. The van der Waals surface area contributed by atoms with E-state index in [1.54, 1.807) is 18.2 Å². The molecule has 0 aliphatic carbocycles. The zero-order valence-electron chi connectivity index (χ0n) is 10.9. The molecule has 1 aliphatic heterocycles. The van der Waals surface area contributed by atoms with E-state index in [0.717, 1.165) is 11.8 Å². The van der Waals surface area contributed by atoms with E-state index in [4.69, 9.17) is 27.9 Å². The molecule has 1 aliphatic rings. The molecule has 0 bridgehead atoms. The van der Waals surface area contributed by atoms with Gasteiger partial charge in [0, 0.05) is 13.1 Å². The number of sulfonamides is 1. The van der Waals surface area contributed by atoms with Gasteiger partial charge in [-0.05, 0) is 17.7 Å². The summed E-state index contributed by atoms with van der Waals surface area (Å²) < 4.78 is 31.3. The summed E-state index contributed by atoms with van der Waals surface area (Å²) in [7, 11) is -3.33. The van der Waals surface area contributed by atoms with Crippen molar-refractivity contribution in [2.24, 2.45) is 0 Å². The highest BCUT2D eigenvalue weighted by Crippen LogP contribution is 2.29. The zero-order valence-corrected chi connectivity index (χ0v) is 13.2. The van der Waals surface area contributed by atoms with E-state index >= 15 is 0 Å². The summed E-state index contributed by atoms with van der Waals surface area (Å²) in [6.45, 7) is 1.64. The smallest absolute Gasteiger partial charge is 0.209 e. The fourth-order valence-electron chi connectivity index (χ4n) is 2.14. The molecule has 1 aromatic rings. The summed E-state index contributed by atoms with van der Waals surface area (Å²) >= 11 is 11.9. The molecule has 5 nitrogen and oxygen atoms in total. The van der Waals surface area contributed by atoms with Crippen molar-refractivity contribution in [2.45, 2.75) is 12.1 Å². The Kier molecular flexibility index (Phi) is 5.28. The summed E-state index contributed by atoms with van der Waals surface area (Å²) in [6, 6.07) is 4.78. The minimum absolute atomic E-state index is 0.398. The topological polar surface area (TPSA) is 67.4 Å². The van der Waals surface area contributed by atoms with Gasteiger partial charge in [0.15, 0.2) is 0 Å².